The number of nitrogens with zero attached hydrogens (tertiary/aromatic N) is 4. The van der Waals surface area contributed by atoms with Gasteiger partial charge in [0, 0.05) is 43.5 Å². The second-order valence-corrected chi connectivity index (χ2v) is 11.3. The molecule has 1 amide bonds. The standard InChI is InChI=1S/C27H36N4O2/c1-18-14-23(29-19(2)28-18)21-6-8-22-20(15-21)7-9-24(22)31-16-27(17-31)10-12-30(13-11-27)25(32)33-26(3,4)5/h6,8,14-15,24H,7,9-13,16-17H2,1-5H3/t24-/m1/s1. The van der Waals surface area contributed by atoms with Crippen molar-refractivity contribution in [3.63, 3.8) is 0 Å². The van der Waals surface area contributed by atoms with Crippen LogP contribution in [0.4, 0.5) is 4.79 Å². The van der Waals surface area contributed by atoms with E-state index in [-0.39, 0.29) is 6.09 Å². The summed E-state index contributed by atoms with van der Waals surface area (Å²) in [7, 11) is 0. The first-order valence-corrected chi connectivity index (χ1v) is 12.3. The fourth-order valence-electron chi connectivity index (χ4n) is 5.84. The molecule has 0 unspecified atom stereocenters. The van der Waals surface area contributed by atoms with E-state index in [0.29, 0.717) is 11.5 Å². The number of carbonyl (C=O) groups excluding carboxylic acids is 1. The second-order valence-electron chi connectivity index (χ2n) is 11.3. The smallest absolute Gasteiger partial charge is 0.410 e. The number of amides is 1. The molecule has 2 fully saturated rings. The molecule has 33 heavy (non-hydrogen) atoms. The predicted octanol–water partition coefficient (Wildman–Crippen LogP) is 5.08. The number of rotatable bonds is 2. The lowest BCUT2D eigenvalue weighted by Gasteiger charge is -2.56. The van der Waals surface area contributed by atoms with Gasteiger partial charge in [-0.25, -0.2) is 14.8 Å². The largest absolute Gasteiger partial charge is 0.444 e. The minimum absolute atomic E-state index is 0.164. The molecule has 2 saturated heterocycles. The molecule has 1 aromatic heterocycles. The Morgan fingerprint density at radius 2 is 1.82 bits per heavy atom. The molecular formula is C27H36N4O2. The second kappa shape index (κ2) is 8.08. The van der Waals surface area contributed by atoms with Crippen LogP contribution in [0, 0.1) is 19.3 Å². The first kappa shape index (κ1) is 22.3. The Kier molecular flexibility index (Phi) is 5.47. The fraction of sp³-hybridized carbons (Fsp3) is 0.593. The highest BCUT2D eigenvalue weighted by molar-refractivity contribution is 5.68. The Hall–Kier alpha value is -2.47. The van der Waals surface area contributed by atoms with Crippen LogP contribution < -0.4 is 0 Å². The van der Waals surface area contributed by atoms with Gasteiger partial charge in [0.15, 0.2) is 0 Å². The third kappa shape index (κ3) is 4.50. The van der Waals surface area contributed by atoms with Gasteiger partial charge in [-0.3, -0.25) is 4.90 Å². The highest BCUT2D eigenvalue weighted by Crippen LogP contribution is 2.48. The Morgan fingerprint density at radius 3 is 2.48 bits per heavy atom. The molecule has 0 saturated carbocycles. The molecule has 1 aromatic carbocycles. The summed E-state index contributed by atoms with van der Waals surface area (Å²) in [6, 6.07) is 9.49. The Balaban J connectivity index is 1.21. The maximum Gasteiger partial charge on any atom is 0.410 e. The lowest BCUT2D eigenvalue weighted by atomic mass is 9.71. The van der Waals surface area contributed by atoms with Gasteiger partial charge in [0.25, 0.3) is 0 Å². The molecule has 0 radical (unpaired) electrons. The Morgan fingerprint density at radius 1 is 1.09 bits per heavy atom. The molecule has 2 aromatic rings. The van der Waals surface area contributed by atoms with E-state index in [9.17, 15) is 4.79 Å². The highest BCUT2D eigenvalue weighted by Gasteiger charge is 2.48. The monoisotopic (exact) mass is 448 g/mol. The molecule has 1 atom stereocenters. The van der Waals surface area contributed by atoms with Crippen LogP contribution >= 0.6 is 0 Å². The minimum atomic E-state index is -0.430. The van der Waals surface area contributed by atoms with Gasteiger partial charge in [0.1, 0.15) is 11.4 Å². The first-order valence-electron chi connectivity index (χ1n) is 12.3. The minimum Gasteiger partial charge on any atom is -0.444 e. The number of likely N-dealkylation sites (tertiary alicyclic amines) is 2. The summed E-state index contributed by atoms with van der Waals surface area (Å²) in [4.78, 5) is 26.0. The van der Waals surface area contributed by atoms with Crippen molar-refractivity contribution >= 4 is 6.09 Å². The Bertz CT molecular complexity index is 1040. The summed E-state index contributed by atoms with van der Waals surface area (Å²) in [5.41, 5.74) is 6.12. The van der Waals surface area contributed by atoms with Crippen LogP contribution in [0.5, 0.6) is 0 Å². The molecule has 6 nitrogen and oxygen atoms in total. The summed E-state index contributed by atoms with van der Waals surface area (Å²) >= 11 is 0. The number of benzene rings is 1. The van der Waals surface area contributed by atoms with Crippen LogP contribution in [-0.2, 0) is 11.2 Å². The molecule has 1 aliphatic carbocycles. The van der Waals surface area contributed by atoms with Gasteiger partial charge in [-0.1, -0.05) is 12.1 Å². The van der Waals surface area contributed by atoms with E-state index in [1.54, 1.807) is 0 Å². The molecule has 176 valence electrons. The molecule has 5 rings (SSSR count). The number of aromatic nitrogens is 2. The molecular weight excluding hydrogens is 412 g/mol. The normalized spacial score (nSPS) is 22.2. The maximum atomic E-state index is 12.4. The zero-order valence-electron chi connectivity index (χ0n) is 20.6. The molecule has 0 N–H and O–H groups in total. The van der Waals surface area contributed by atoms with Gasteiger partial charge >= 0.3 is 6.09 Å². The van der Waals surface area contributed by atoms with Crippen LogP contribution in [0.25, 0.3) is 11.3 Å². The third-order valence-electron chi connectivity index (χ3n) is 7.44. The van der Waals surface area contributed by atoms with Crippen molar-refractivity contribution in [3.05, 3.63) is 46.9 Å². The van der Waals surface area contributed by atoms with E-state index in [2.05, 4.69) is 39.1 Å². The van der Waals surface area contributed by atoms with Crippen molar-refractivity contribution in [3.8, 4) is 11.3 Å². The summed E-state index contributed by atoms with van der Waals surface area (Å²) in [5.74, 6) is 0.826. The topological polar surface area (TPSA) is 58.6 Å². The van der Waals surface area contributed by atoms with Crippen LogP contribution in [0.2, 0.25) is 0 Å². The maximum absolute atomic E-state index is 12.4. The molecule has 6 heteroatoms. The number of carbonyl (C=O) groups is 1. The van der Waals surface area contributed by atoms with Crippen molar-refractivity contribution < 1.29 is 9.53 Å². The number of ether oxygens (including phenoxy) is 1. The molecule has 2 aliphatic heterocycles. The van der Waals surface area contributed by atoms with Crippen molar-refractivity contribution in [2.75, 3.05) is 26.2 Å². The van der Waals surface area contributed by atoms with Gasteiger partial charge in [-0.05, 0) is 89.0 Å². The average Bonchev–Trinajstić information content (AvgIpc) is 3.13. The Labute approximate surface area is 197 Å². The zero-order chi connectivity index (χ0) is 23.4. The van der Waals surface area contributed by atoms with Gasteiger partial charge < -0.3 is 9.64 Å². The predicted molar refractivity (Wildman–Crippen MR) is 129 cm³/mol. The lowest BCUT2D eigenvalue weighted by Crippen LogP contribution is -2.61. The zero-order valence-corrected chi connectivity index (χ0v) is 20.6. The average molecular weight is 449 g/mol. The number of hydrogen-bond acceptors (Lipinski definition) is 5. The summed E-state index contributed by atoms with van der Waals surface area (Å²) in [5, 5.41) is 0. The van der Waals surface area contributed by atoms with E-state index < -0.39 is 5.60 Å². The van der Waals surface area contributed by atoms with Crippen molar-refractivity contribution in [1.29, 1.82) is 0 Å². The third-order valence-corrected chi connectivity index (χ3v) is 7.44. The van der Waals surface area contributed by atoms with Crippen LogP contribution in [0.3, 0.4) is 0 Å². The molecule has 3 aliphatic rings. The summed E-state index contributed by atoms with van der Waals surface area (Å²) < 4.78 is 5.56. The lowest BCUT2D eigenvalue weighted by molar-refractivity contribution is -0.0716. The van der Waals surface area contributed by atoms with Crippen LogP contribution in [0.1, 0.15) is 68.7 Å². The quantitative estimate of drug-likeness (QED) is 0.641. The number of aryl methyl sites for hydroxylation is 3. The van der Waals surface area contributed by atoms with Gasteiger partial charge in [-0.15, -0.1) is 0 Å². The van der Waals surface area contributed by atoms with E-state index >= 15 is 0 Å². The summed E-state index contributed by atoms with van der Waals surface area (Å²) in [6.07, 6.45) is 4.32. The van der Waals surface area contributed by atoms with E-state index in [1.807, 2.05) is 39.5 Å². The SMILES string of the molecule is Cc1cc(-c2ccc3c(c2)CC[C@H]3N2CC3(CCN(C(=O)OC(C)(C)C)CC3)C2)nc(C)n1. The van der Waals surface area contributed by atoms with Gasteiger partial charge in [-0.2, -0.15) is 0 Å². The number of fused-ring (bicyclic) bond motifs is 1. The van der Waals surface area contributed by atoms with Gasteiger partial charge in [0.05, 0.1) is 5.69 Å². The van der Waals surface area contributed by atoms with E-state index in [4.69, 9.17) is 4.74 Å². The fourth-order valence-corrected chi connectivity index (χ4v) is 5.84. The van der Waals surface area contributed by atoms with Crippen molar-refractivity contribution in [1.82, 2.24) is 19.8 Å². The first-order chi connectivity index (χ1) is 15.6. The highest BCUT2D eigenvalue weighted by atomic mass is 16.6. The number of piperidine rings is 1. The molecule has 1 spiro atoms. The summed E-state index contributed by atoms with van der Waals surface area (Å²) in [6.45, 7) is 13.7. The van der Waals surface area contributed by atoms with Crippen LogP contribution in [0.15, 0.2) is 24.3 Å². The van der Waals surface area contributed by atoms with Crippen molar-refractivity contribution in [2.45, 2.75) is 71.9 Å². The number of hydrogen-bond donors (Lipinski definition) is 0. The molecule has 3 heterocycles. The van der Waals surface area contributed by atoms with E-state index in [1.165, 1.54) is 23.1 Å². The van der Waals surface area contributed by atoms with Gasteiger partial charge in [0.2, 0.25) is 0 Å². The van der Waals surface area contributed by atoms with Crippen molar-refractivity contribution in [2.24, 2.45) is 5.41 Å². The molecule has 0 bridgehead atoms. The van der Waals surface area contributed by atoms with Crippen LogP contribution in [-0.4, -0.2) is 57.6 Å². The van der Waals surface area contributed by atoms with E-state index in [0.717, 1.165) is 62.7 Å².